The first kappa shape index (κ1) is 21.7. The highest BCUT2D eigenvalue weighted by Crippen LogP contribution is 2.35. The number of anilines is 1. The predicted octanol–water partition coefficient (Wildman–Crippen LogP) is 3.95. The second kappa shape index (κ2) is 8.31. The molecule has 9 heteroatoms. The van der Waals surface area contributed by atoms with Crippen molar-refractivity contribution in [2.45, 2.75) is 19.0 Å². The standard InChI is InChI=1S/C24H22F2N6.H2S/c1-27-18-6-7-30(13-18)19-3-5-22-16(8-19)12-31-11-15(20-4-2-17(25)10-21(20)26)9-23(31)24-28-14-29-32(22)24;/h2-5,8-11,14,18,27H,6-7,12-13H2,1H3;1H2/t18-;/m0./s1. The zero-order chi connectivity index (χ0) is 21.8. The summed E-state index contributed by atoms with van der Waals surface area (Å²) in [6, 6.07) is 12.5. The third-order valence-corrected chi connectivity index (χ3v) is 6.51. The largest absolute Gasteiger partial charge is 0.370 e. The topological polar surface area (TPSA) is 50.9 Å². The van der Waals surface area contributed by atoms with Crippen molar-refractivity contribution >= 4 is 19.2 Å². The lowest BCUT2D eigenvalue weighted by molar-refractivity contribution is 0.585. The first-order chi connectivity index (χ1) is 15.6. The van der Waals surface area contributed by atoms with Gasteiger partial charge < -0.3 is 14.8 Å². The van der Waals surface area contributed by atoms with Crippen molar-refractivity contribution in [2.24, 2.45) is 0 Å². The van der Waals surface area contributed by atoms with Crippen LogP contribution < -0.4 is 10.2 Å². The summed E-state index contributed by atoms with van der Waals surface area (Å²) in [5.74, 6) is -0.472. The number of benzene rings is 2. The minimum atomic E-state index is -0.587. The zero-order valence-corrected chi connectivity index (χ0v) is 19.1. The van der Waals surface area contributed by atoms with E-state index >= 15 is 0 Å². The molecule has 2 aliphatic rings. The Kier molecular flexibility index (Phi) is 5.46. The highest BCUT2D eigenvalue weighted by atomic mass is 32.1. The quantitative estimate of drug-likeness (QED) is 0.438. The minimum Gasteiger partial charge on any atom is -0.370 e. The first-order valence-corrected chi connectivity index (χ1v) is 10.7. The monoisotopic (exact) mass is 466 g/mol. The Bertz CT molecular complexity index is 1330. The van der Waals surface area contributed by atoms with Crippen molar-refractivity contribution in [3.8, 4) is 28.3 Å². The SMILES string of the molecule is CN[C@H]1CCN(c2ccc3c(c2)Cn2cc(-c4ccc(F)cc4F)cc2-c2ncnn2-3)C1.S. The summed E-state index contributed by atoms with van der Waals surface area (Å²) < 4.78 is 31.8. The second-order valence-electron chi connectivity index (χ2n) is 8.39. The average Bonchev–Trinajstić information content (AvgIpc) is 3.52. The van der Waals surface area contributed by atoms with Gasteiger partial charge in [0.15, 0.2) is 5.82 Å². The Labute approximate surface area is 197 Å². The number of hydrogen-bond acceptors (Lipinski definition) is 4. The van der Waals surface area contributed by atoms with E-state index in [9.17, 15) is 8.78 Å². The van der Waals surface area contributed by atoms with Gasteiger partial charge in [-0.05, 0) is 55.4 Å². The van der Waals surface area contributed by atoms with Crippen LogP contribution in [0.15, 0.2) is 55.0 Å². The molecule has 0 spiro atoms. The number of fused-ring (bicyclic) bond motifs is 5. The van der Waals surface area contributed by atoms with Crippen molar-refractivity contribution in [1.82, 2.24) is 24.6 Å². The molecule has 1 N–H and O–H groups in total. The lowest BCUT2D eigenvalue weighted by Crippen LogP contribution is -2.29. The summed E-state index contributed by atoms with van der Waals surface area (Å²) in [7, 11) is 2.01. The average molecular weight is 467 g/mol. The third kappa shape index (κ3) is 3.61. The molecule has 4 heterocycles. The summed E-state index contributed by atoms with van der Waals surface area (Å²) >= 11 is 0. The maximum atomic E-state index is 14.4. The fourth-order valence-corrected chi connectivity index (χ4v) is 4.81. The van der Waals surface area contributed by atoms with Crippen molar-refractivity contribution in [3.05, 3.63) is 72.2 Å². The molecule has 1 saturated heterocycles. The third-order valence-electron chi connectivity index (χ3n) is 6.51. The minimum absolute atomic E-state index is 0. The van der Waals surface area contributed by atoms with Crippen LogP contribution in [0.1, 0.15) is 12.0 Å². The molecule has 2 aliphatic heterocycles. The Morgan fingerprint density at radius 2 is 1.97 bits per heavy atom. The van der Waals surface area contributed by atoms with Gasteiger partial charge in [0.25, 0.3) is 0 Å². The van der Waals surface area contributed by atoms with Gasteiger partial charge in [0.2, 0.25) is 0 Å². The molecule has 0 radical (unpaired) electrons. The zero-order valence-electron chi connectivity index (χ0n) is 18.1. The Morgan fingerprint density at radius 3 is 2.76 bits per heavy atom. The van der Waals surface area contributed by atoms with E-state index in [0.717, 1.165) is 42.5 Å². The molecule has 4 aromatic rings. The van der Waals surface area contributed by atoms with Gasteiger partial charge in [-0.3, -0.25) is 0 Å². The van der Waals surface area contributed by atoms with Gasteiger partial charge in [-0.15, -0.1) is 0 Å². The van der Waals surface area contributed by atoms with Crippen LogP contribution in [0.2, 0.25) is 0 Å². The molecule has 0 aliphatic carbocycles. The van der Waals surface area contributed by atoms with Crippen molar-refractivity contribution in [3.63, 3.8) is 0 Å². The predicted molar refractivity (Wildman–Crippen MR) is 129 cm³/mol. The number of nitrogens with zero attached hydrogens (tertiary/aromatic N) is 5. The molecule has 0 saturated carbocycles. The van der Waals surface area contributed by atoms with Gasteiger partial charge in [-0.1, -0.05) is 0 Å². The number of hydrogen-bond donors (Lipinski definition) is 1. The molecule has 2 aromatic heterocycles. The number of halogens is 2. The van der Waals surface area contributed by atoms with Gasteiger partial charge >= 0.3 is 0 Å². The highest BCUT2D eigenvalue weighted by Gasteiger charge is 2.25. The maximum Gasteiger partial charge on any atom is 0.179 e. The van der Waals surface area contributed by atoms with Gasteiger partial charge in [0, 0.05) is 54.8 Å². The van der Waals surface area contributed by atoms with E-state index in [-0.39, 0.29) is 13.5 Å². The summed E-state index contributed by atoms with van der Waals surface area (Å²) in [5.41, 5.74) is 5.18. The molecule has 6 nitrogen and oxygen atoms in total. The number of rotatable bonds is 3. The van der Waals surface area contributed by atoms with Crippen molar-refractivity contribution in [1.29, 1.82) is 0 Å². The van der Waals surface area contributed by atoms with E-state index in [0.29, 0.717) is 29.5 Å². The fraction of sp³-hybridized carbons (Fsp3) is 0.250. The van der Waals surface area contributed by atoms with Gasteiger partial charge in [0.1, 0.15) is 18.0 Å². The molecule has 0 amide bonds. The van der Waals surface area contributed by atoms with Crippen molar-refractivity contribution < 1.29 is 8.78 Å². The number of likely N-dealkylation sites (N-methyl/N-ethyl adjacent to an activating group) is 1. The van der Waals surface area contributed by atoms with E-state index in [4.69, 9.17) is 0 Å². The molecule has 0 bridgehead atoms. The lowest BCUT2D eigenvalue weighted by atomic mass is 10.1. The molecular weight excluding hydrogens is 442 g/mol. The van der Waals surface area contributed by atoms with E-state index in [2.05, 4.69) is 43.1 Å². The van der Waals surface area contributed by atoms with Gasteiger partial charge in [-0.2, -0.15) is 18.6 Å². The molecule has 1 atom stereocenters. The summed E-state index contributed by atoms with van der Waals surface area (Å²) in [6.45, 7) is 2.60. The van der Waals surface area contributed by atoms with Gasteiger partial charge in [-0.25, -0.2) is 18.4 Å². The van der Waals surface area contributed by atoms with E-state index < -0.39 is 11.6 Å². The molecule has 2 aromatic carbocycles. The van der Waals surface area contributed by atoms with E-state index in [1.54, 1.807) is 0 Å². The van der Waals surface area contributed by atoms with E-state index in [1.807, 2.05) is 24.0 Å². The number of nitrogens with one attached hydrogen (secondary N) is 1. The lowest BCUT2D eigenvalue weighted by Gasteiger charge is -2.20. The normalized spacial score (nSPS) is 16.6. The first-order valence-electron chi connectivity index (χ1n) is 10.7. The second-order valence-corrected chi connectivity index (χ2v) is 8.39. The summed E-state index contributed by atoms with van der Waals surface area (Å²) in [4.78, 5) is 6.87. The molecule has 0 unspecified atom stereocenters. The highest BCUT2D eigenvalue weighted by molar-refractivity contribution is 7.59. The Morgan fingerprint density at radius 1 is 1.09 bits per heavy atom. The van der Waals surface area contributed by atoms with Crippen LogP contribution in [0, 0.1) is 11.6 Å². The van der Waals surface area contributed by atoms with Crippen LogP contribution in [0.3, 0.4) is 0 Å². The van der Waals surface area contributed by atoms with Crippen LogP contribution in [-0.4, -0.2) is 45.5 Å². The Hall–Kier alpha value is -3.17. The van der Waals surface area contributed by atoms with E-state index in [1.165, 1.54) is 24.1 Å². The molecular formula is C24H24F2N6S. The smallest absolute Gasteiger partial charge is 0.179 e. The maximum absolute atomic E-state index is 14.4. The molecule has 6 rings (SSSR count). The Balaban J connectivity index is 0.00000228. The number of aromatic nitrogens is 4. The van der Waals surface area contributed by atoms with Crippen LogP contribution in [0.5, 0.6) is 0 Å². The van der Waals surface area contributed by atoms with Gasteiger partial charge in [0.05, 0.1) is 11.4 Å². The molecule has 33 heavy (non-hydrogen) atoms. The molecule has 1 fully saturated rings. The van der Waals surface area contributed by atoms with Crippen LogP contribution in [0.4, 0.5) is 14.5 Å². The fourth-order valence-electron chi connectivity index (χ4n) is 4.81. The van der Waals surface area contributed by atoms with Crippen LogP contribution in [-0.2, 0) is 6.54 Å². The molecule has 170 valence electrons. The van der Waals surface area contributed by atoms with Crippen LogP contribution in [0.25, 0.3) is 28.3 Å². The summed E-state index contributed by atoms with van der Waals surface area (Å²) in [6.07, 6.45) is 4.56. The van der Waals surface area contributed by atoms with Crippen molar-refractivity contribution in [2.75, 3.05) is 25.0 Å². The summed E-state index contributed by atoms with van der Waals surface area (Å²) in [5, 5.41) is 7.83. The van der Waals surface area contributed by atoms with Crippen LogP contribution >= 0.6 is 13.5 Å².